The highest BCUT2D eigenvalue weighted by molar-refractivity contribution is 6.29. The van der Waals surface area contributed by atoms with Crippen LogP contribution in [0.1, 0.15) is 29.8 Å². The molecule has 0 aliphatic carbocycles. The number of alkyl halides is 2. The van der Waals surface area contributed by atoms with Crippen LogP contribution in [-0.4, -0.2) is 22.1 Å². The van der Waals surface area contributed by atoms with Gasteiger partial charge in [-0.05, 0) is 37.6 Å². The van der Waals surface area contributed by atoms with Crippen molar-refractivity contribution in [2.45, 2.75) is 32.6 Å². The number of aromatic nitrogens is 1. The van der Waals surface area contributed by atoms with E-state index in [-0.39, 0.29) is 28.7 Å². The Hall–Kier alpha value is -2.25. The van der Waals surface area contributed by atoms with Crippen molar-refractivity contribution in [3.8, 4) is 5.75 Å². The third kappa shape index (κ3) is 3.29. The molecule has 0 saturated heterocycles. The van der Waals surface area contributed by atoms with E-state index in [0.29, 0.717) is 11.3 Å². The number of hydrogen-bond acceptors (Lipinski definition) is 4. The number of hydrogen-bond donors (Lipinski definition) is 1. The molecule has 0 unspecified atom stereocenters. The van der Waals surface area contributed by atoms with Crippen LogP contribution >= 0.6 is 11.6 Å². The molecule has 1 aliphatic rings. The molecule has 1 aromatic heterocycles. The van der Waals surface area contributed by atoms with Gasteiger partial charge in [-0.1, -0.05) is 23.7 Å². The van der Waals surface area contributed by atoms with Crippen molar-refractivity contribution < 1.29 is 23.4 Å². The van der Waals surface area contributed by atoms with Crippen LogP contribution in [0.3, 0.4) is 0 Å². The highest BCUT2D eigenvalue weighted by atomic mass is 35.5. The minimum atomic E-state index is -4.02. The van der Waals surface area contributed by atoms with Crippen LogP contribution in [0.2, 0.25) is 5.15 Å². The van der Waals surface area contributed by atoms with Crippen LogP contribution in [0, 0.1) is 6.92 Å². The Bertz CT molecular complexity index is 822. The number of carbonyl (C=O) groups excluding carboxylic acids is 1. The van der Waals surface area contributed by atoms with Gasteiger partial charge in [-0.3, -0.25) is 9.69 Å². The Balaban J connectivity index is 2.10. The number of rotatable bonds is 3. The predicted molar refractivity (Wildman–Crippen MR) is 87.8 cm³/mol. The van der Waals surface area contributed by atoms with Gasteiger partial charge in [0.25, 0.3) is 0 Å². The molecular formula is C17H15ClF2N2O3. The topological polar surface area (TPSA) is 62.7 Å². The van der Waals surface area contributed by atoms with E-state index in [4.69, 9.17) is 11.6 Å². The summed E-state index contributed by atoms with van der Waals surface area (Å²) in [7, 11) is 0. The molecule has 1 amide bonds. The Morgan fingerprint density at radius 2 is 2.12 bits per heavy atom. The molecule has 1 aliphatic heterocycles. The number of aliphatic hydroxyl groups is 1. The number of aryl methyl sites for hydroxylation is 1. The standard InChI is InChI=1S/C17H15ClF2N2O3/c1-9-6-11(7-14(18)21-9)8-22-13-5-3-4-12(10(2)23)15(13)25-17(19,20)16(22)24/h3-7,10,23H,8H2,1-2H3/t10-/m1/s1. The van der Waals surface area contributed by atoms with Gasteiger partial charge < -0.3 is 9.84 Å². The van der Waals surface area contributed by atoms with Crippen molar-refractivity contribution in [3.05, 3.63) is 52.3 Å². The van der Waals surface area contributed by atoms with Gasteiger partial charge in [-0.25, -0.2) is 4.98 Å². The first-order valence-electron chi connectivity index (χ1n) is 7.52. The van der Waals surface area contributed by atoms with Crippen LogP contribution in [0.4, 0.5) is 14.5 Å². The zero-order valence-corrected chi connectivity index (χ0v) is 14.2. The fraction of sp³-hybridized carbons (Fsp3) is 0.294. The van der Waals surface area contributed by atoms with Gasteiger partial charge in [0.15, 0.2) is 5.75 Å². The normalized spacial score (nSPS) is 17.0. The van der Waals surface area contributed by atoms with E-state index in [1.807, 2.05) is 0 Å². The summed E-state index contributed by atoms with van der Waals surface area (Å²) in [4.78, 5) is 17.1. The van der Waals surface area contributed by atoms with Crippen LogP contribution < -0.4 is 9.64 Å². The van der Waals surface area contributed by atoms with Gasteiger partial charge in [0.1, 0.15) is 5.15 Å². The zero-order valence-electron chi connectivity index (χ0n) is 13.5. The lowest BCUT2D eigenvalue weighted by Crippen LogP contribution is -2.50. The maximum absolute atomic E-state index is 14.1. The number of anilines is 1. The summed E-state index contributed by atoms with van der Waals surface area (Å²) < 4.78 is 32.8. The zero-order chi connectivity index (χ0) is 18.4. The third-order valence-electron chi connectivity index (χ3n) is 3.81. The van der Waals surface area contributed by atoms with Crippen LogP contribution in [0.5, 0.6) is 5.75 Å². The van der Waals surface area contributed by atoms with Crippen molar-refractivity contribution in [2.24, 2.45) is 0 Å². The third-order valence-corrected chi connectivity index (χ3v) is 4.01. The molecule has 2 heterocycles. The van der Waals surface area contributed by atoms with Gasteiger partial charge in [0.05, 0.1) is 18.3 Å². The van der Waals surface area contributed by atoms with E-state index in [9.17, 15) is 18.7 Å². The van der Waals surface area contributed by atoms with E-state index in [1.54, 1.807) is 19.1 Å². The van der Waals surface area contributed by atoms with Crippen LogP contribution in [0.25, 0.3) is 0 Å². The van der Waals surface area contributed by atoms with Gasteiger partial charge in [0, 0.05) is 11.3 Å². The molecule has 0 bridgehead atoms. The van der Waals surface area contributed by atoms with Crippen LogP contribution in [-0.2, 0) is 11.3 Å². The van der Waals surface area contributed by atoms with Gasteiger partial charge in [-0.2, -0.15) is 8.78 Å². The molecule has 0 saturated carbocycles. The number of amides is 1. The van der Waals surface area contributed by atoms with Crippen molar-refractivity contribution in [2.75, 3.05) is 4.90 Å². The molecule has 0 fully saturated rings. The summed E-state index contributed by atoms with van der Waals surface area (Å²) in [5, 5.41) is 10.0. The highest BCUT2D eigenvalue weighted by Gasteiger charge is 2.51. The summed E-state index contributed by atoms with van der Waals surface area (Å²) in [6.45, 7) is 3.02. The Morgan fingerprint density at radius 3 is 2.76 bits per heavy atom. The largest absolute Gasteiger partial charge is 0.483 e. The smallest absolute Gasteiger partial charge is 0.423 e. The fourth-order valence-corrected chi connectivity index (χ4v) is 3.03. The molecule has 8 heteroatoms. The minimum absolute atomic E-state index is 0.128. The van der Waals surface area contributed by atoms with E-state index in [1.165, 1.54) is 25.1 Å². The van der Waals surface area contributed by atoms with E-state index >= 15 is 0 Å². The van der Waals surface area contributed by atoms with Crippen LogP contribution in [0.15, 0.2) is 30.3 Å². The lowest BCUT2D eigenvalue weighted by molar-refractivity contribution is -0.193. The maximum atomic E-state index is 14.1. The molecule has 5 nitrogen and oxygen atoms in total. The molecule has 1 aromatic carbocycles. The molecule has 1 N–H and O–H groups in total. The number of benzene rings is 1. The number of aliphatic hydroxyl groups excluding tert-OH is 1. The van der Waals surface area contributed by atoms with Crippen molar-refractivity contribution in [1.29, 1.82) is 0 Å². The summed E-state index contributed by atoms with van der Waals surface area (Å²) >= 11 is 5.91. The van der Waals surface area contributed by atoms with Gasteiger partial charge >= 0.3 is 12.0 Å². The van der Waals surface area contributed by atoms with E-state index in [0.717, 1.165) is 4.90 Å². The summed E-state index contributed by atoms with van der Waals surface area (Å²) in [5.41, 5.74) is 1.50. The SMILES string of the molecule is Cc1cc(CN2C(=O)C(F)(F)Oc3c([C@@H](C)O)cccc32)cc(Cl)n1. The first-order chi connectivity index (χ1) is 11.7. The number of ether oxygens (including phenoxy) is 1. The minimum Gasteiger partial charge on any atom is -0.423 e. The molecule has 2 aromatic rings. The molecule has 0 radical (unpaired) electrons. The average Bonchev–Trinajstić information content (AvgIpc) is 2.50. The lowest BCUT2D eigenvalue weighted by Gasteiger charge is -2.35. The second-order valence-electron chi connectivity index (χ2n) is 5.82. The lowest BCUT2D eigenvalue weighted by atomic mass is 10.1. The molecular weight excluding hydrogens is 354 g/mol. The van der Waals surface area contributed by atoms with Crippen molar-refractivity contribution in [3.63, 3.8) is 0 Å². The first-order valence-corrected chi connectivity index (χ1v) is 7.89. The number of fused-ring (bicyclic) bond motifs is 1. The highest BCUT2D eigenvalue weighted by Crippen LogP contribution is 2.44. The van der Waals surface area contributed by atoms with Crippen molar-refractivity contribution in [1.82, 2.24) is 4.98 Å². The molecule has 0 spiro atoms. The fourth-order valence-electron chi connectivity index (χ4n) is 2.76. The molecule has 3 rings (SSSR count). The van der Waals surface area contributed by atoms with Gasteiger partial charge in [-0.15, -0.1) is 0 Å². The second-order valence-corrected chi connectivity index (χ2v) is 6.21. The monoisotopic (exact) mass is 368 g/mol. The molecule has 25 heavy (non-hydrogen) atoms. The predicted octanol–water partition coefficient (Wildman–Crippen LogP) is 3.62. The number of carbonyl (C=O) groups is 1. The van der Waals surface area contributed by atoms with Crippen molar-refractivity contribution >= 4 is 23.2 Å². The summed E-state index contributed by atoms with van der Waals surface area (Å²) in [6.07, 6.45) is -5.05. The Kier molecular flexibility index (Phi) is 4.38. The number of pyridine rings is 1. The summed E-state index contributed by atoms with van der Waals surface area (Å²) in [5.74, 6) is -1.69. The van der Waals surface area contributed by atoms with E-state index < -0.39 is 18.1 Å². The first kappa shape index (κ1) is 17.6. The number of halogens is 3. The average molecular weight is 369 g/mol. The second kappa shape index (κ2) is 6.24. The Labute approximate surface area is 147 Å². The molecule has 1 atom stereocenters. The van der Waals surface area contributed by atoms with Gasteiger partial charge in [0.2, 0.25) is 0 Å². The quantitative estimate of drug-likeness (QED) is 0.841. The summed E-state index contributed by atoms with van der Waals surface area (Å²) in [6, 6.07) is 7.70. The number of nitrogens with zero attached hydrogens (tertiary/aromatic N) is 2. The maximum Gasteiger partial charge on any atom is 0.483 e. The number of para-hydroxylation sites is 1. The molecule has 132 valence electrons. The Morgan fingerprint density at radius 1 is 1.40 bits per heavy atom. The van der Waals surface area contributed by atoms with E-state index in [2.05, 4.69) is 9.72 Å².